The Morgan fingerprint density at radius 2 is 2.05 bits per heavy atom. The molecule has 0 spiro atoms. The van der Waals surface area contributed by atoms with Crippen molar-refractivity contribution in [3.63, 3.8) is 0 Å². The highest BCUT2D eigenvalue weighted by Crippen LogP contribution is 2.17. The monoisotopic (exact) mass is 266 g/mol. The third kappa shape index (κ3) is 2.87. The second-order valence-electron chi connectivity index (χ2n) is 4.06. The standard InChI is InChI=1S/C12H12F2N4O/c1-18-6-7(5-17-18)4-16-12(19)8-2-9(13)11(15)10(14)3-8/h2-3,5-6H,4,15H2,1H3,(H,16,19). The van der Waals surface area contributed by atoms with Crippen LogP contribution >= 0.6 is 0 Å². The quantitative estimate of drug-likeness (QED) is 0.820. The molecule has 0 aliphatic heterocycles. The first-order valence-corrected chi connectivity index (χ1v) is 5.47. The maximum atomic E-state index is 13.2. The molecule has 0 atom stereocenters. The van der Waals surface area contributed by atoms with E-state index in [4.69, 9.17) is 5.73 Å². The number of rotatable bonds is 3. The Hall–Kier alpha value is -2.44. The number of carbonyl (C=O) groups is 1. The topological polar surface area (TPSA) is 72.9 Å². The van der Waals surface area contributed by atoms with E-state index in [0.29, 0.717) is 0 Å². The molecule has 5 nitrogen and oxygen atoms in total. The van der Waals surface area contributed by atoms with Crippen molar-refractivity contribution in [1.82, 2.24) is 15.1 Å². The van der Waals surface area contributed by atoms with E-state index in [1.54, 1.807) is 24.1 Å². The van der Waals surface area contributed by atoms with Gasteiger partial charge in [-0.3, -0.25) is 9.48 Å². The van der Waals surface area contributed by atoms with E-state index < -0.39 is 23.2 Å². The van der Waals surface area contributed by atoms with Crippen LogP contribution in [0.2, 0.25) is 0 Å². The molecule has 1 amide bonds. The fourth-order valence-corrected chi connectivity index (χ4v) is 1.56. The average molecular weight is 266 g/mol. The van der Waals surface area contributed by atoms with Crippen LogP contribution in [0, 0.1) is 11.6 Å². The van der Waals surface area contributed by atoms with Gasteiger partial charge in [0.05, 0.1) is 6.20 Å². The summed E-state index contributed by atoms with van der Waals surface area (Å²) in [5.74, 6) is -2.49. The van der Waals surface area contributed by atoms with Crippen LogP contribution in [0.5, 0.6) is 0 Å². The van der Waals surface area contributed by atoms with Crippen molar-refractivity contribution in [2.45, 2.75) is 6.54 Å². The normalized spacial score (nSPS) is 10.5. The van der Waals surface area contributed by atoms with Crippen molar-refractivity contribution in [2.24, 2.45) is 7.05 Å². The van der Waals surface area contributed by atoms with E-state index in [0.717, 1.165) is 17.7 Å². The molecule has 0 saturated heterocycles. The molecule has 7 heteroatoms. The first-order valence-electron chi connectivity index (χ1n) is 5.47. The van der Waals surface area contributed by atoms with Crippen LogP contribution in [0.3, 0.4) is 0 Å². The number of aryl methyl sites for hydroxylation is 1. The molecule has 3 N–H and O–H groups in total. The fraction of sp³-hybridized carbons (Fsp3) is 0.167. The zero-order chi connectivity index (χ0) is 14.0. The van der Waals surface area contributed by atoms with Gasteiger partial charge >= 0.3 is 0 Å². The molecule has 19 heavy (non-hydrogen) atoms. The van der Waals surface area contributed by atoms with Crippen LogP contribution in [-0.2, 0) is 13.6 Å². The molecule has 2 aromatic rings. The van der Waals surface area contributed by atoms with Crippen LogP contribution in [0.15, 0.2) is 24.5 Å². The van der Waals surface area contributed by atoms with Crippen LogP contribution < -0.4 is 11.1 Å². The molecule has 0 aliphatic carbocycles. The lowest BCUT2D eigenvalue weighted by Gasteiger charge is -2.05. The molecule has 1 heterocycles. The summed E-state index contributed by atoms with van der Waals surface area (Å²) in [5.41, 5.74) is 5.20. The minimum Gasteiger partial charge on any atom is -0.394 e. The molecule has 0 unspecified atom stereocenters. The minimum atomic E-state index is -0.952. The summed E-state index contributed by atoms with van der Waals surface area (Å²) in [7, 11) is 1.75. The minimum absolute atomic E-state index is 0.118. The number of benzene rings is 1. The van der Waals surface area contributed by atoms with Gasteiger partial charge in [0.15, 0.2) is 0 Å². The highest BCUT2D eigenvalue weighted by atomic mass is 19.1. The van der Waals surface area contributed by atoms with Crippen molar-refractivity contribution in [2.75, 3.05) is 5.73 Å². The molecule has 0 radical (unpaired) electrons. The van der Waals surface area contributed by atoms with E-state index in [9.17, 15) is 13.6 Å². The van der Waals surface area contributed by atoms with Crippen molar-refractivity contribution >= 4 is 11.6 Å². The van der Waals surface area contributed by atoms with Gasteiger partial charge in [-0.25, -0.2) is 8.78 Å². The Bertz CT molecular complexity index is 601. The summed E-state index contributed by atoms with van der Waals surface area (Å²) in [6.45, 7) is 0.223. The Kier molecular flexibility index (Phi) is 3.46. The highest BCUT2D eigenvalue weighted by molar-refractivity contribution is 5.94. The van der Waals surface area contributed by atoms with Gasteiger partial charge < -0.3 is 11.1 Å². The average Bonchev–Trinajstić information content (AvgIpc) is 2.78. The number of nitrogen functional groups attached to an aromatic ring is 1. The van der Waals surface area contributed by atoms with E-state index in [1.165, 1.54) is 0 Å². The van der Waals surface area contributed by atoms with E-state index in [2.05, 4.69) is 10.4 Å². The van der Waals surface area contributed by atoms with E-state index in [-0.39, 0.29) is 12.1 Å². The number of aromatic nitrogens is 2. The van der Waals surface area contributed by atoms with Gasteiger partial charge in [-0.2, -0.15) is 5.10 Å². The second-order valence-corrected chi connectivity index (χ2v) is 4.06. The number of nitrogens with zero attached hydrogens (tertiary/aromatic N) is 2. The lowest BCUT2D eigenvalue weighted by Crippen LogP contribution is -2.23. The zero-order valence-corrected chi connectivity index (χ0v) is 10.2. The summed E-state index contributed by atoms with van der Waals surface area (Å²) >= 11 is 0. The molecule has 0 fully saturated rings. The van der Waals surface area contributed by atoms with Gasteiger partial charge in [0, 0.05) is 30.9 Å². The number of hydrogen-bond donors (Lipinski definition) is 2. The van der Waals surface area contributed by atoms with Gasteiger partial charge in [0.25, 0.3) is 5.91 Å². The van der Waals surface area contributed by atoms with Crippen molar-refractivity contribution in [3.8, 4) is 0 Å². The summed E-state index contributed by atoms with van der Waals surface area (Å²) in [4.78, 5) is 11.7. The predicted octanol–water partition coefficient (Wildman–Crippen LogP) is 1.21. The Morgan fingerprint density at radius 1 is 1.42 bits per heavy atom. The largest absolute Gasteiger partial charge is 0.394 e. The van der Waals surface area contributed by atoms with Gasteiger partial charge in [-0.05, 0) is 12.1 Å². The smallest absolute Gasteiger partial charge is 0.251 e. The zero-order valence-electron chi connectivity index (χ0n) is 10.2. The summed E-state index contributed by atoms with van der Waals surface area (Å²) < 4.78 is 28.0. The third-order valence-corrected chi connectivity index (χ3v) is 2.55. The molecule has 0 bridgehead atoms. The fourth-order valence-electron chi connectivity index (χ4n) is 1.56. The maximum absolute atomic E-state index is 13.2. The molecule has 1 aromatic heterocycles. The van der Waals surface area contributed by atoms with E-state index >= 15 is 0 Å². The van der Waals surface area contributed by atoms with Gasteiger partial charge in [-0.1, -0.05) is 0 Å². The number of nitrogens with two attached hydrogens (primary N) is 1. The van der Waals surface area contributed by atoms with Gasteiger partial charge in [-0.15, -0.1) is 0 Å². The van der Waals surface area contributed by atoms with Crippen LogP contribution in [0.4, 0.5) is 14.5 Å². The molecule has 0 aliphatic rings. The summed E-state index contributed by atoms with van der Waals surface area (Å²) in [6.07, 6.45) is 3.31. The number of amides is 1. The molecule has 100 valence electrons. The molecule has 0 saturated carbocycles. The number of carbonyl (C=O) groups excluding carboxylic acids is 1. The maximum Gasteiger partial charge on any atom is 0.251 e. The van der Waals surface area contributed by atoms with E-state index in [1.807, 2.05) is 0 Å². The SMILES string of the molecule is Cn1cc(CNC(=O)c2cc(F)c(N)c(F)c2)cn1. The van der Waals surface area contributed by atoms with Gasteiger partial charge in [0.2, 0.25) is 0 Å². The summed E-state index contributed by atoms with van der Waals surface area (Å²) in [5, 5.41) is 6.47. The second kappa shape index (κ2) is 5.05. The van der Waals surface area contributed by atoms with Crippen LogP contribution in [-0.4, -0.2) is 15.7 Å². The highest BCUT2D eigenvalue weighted by Gasteiger charge is 2.13. The molecule has 2 rings (SSSR count). The van der Waals surface area contributed by atoms with Crippen LogP contribution in [0.25, 0.3) is 0 Å². The number of anilines is 1. The number of nitrogens with one attached hydrogen (secondary N) is 1. The summed E-state index contributed by atoms with van der Waals surface area (Å²) in [6, 6.07) is 1.80. The van der Waals surface area contributed by atoms with Gasteiger partial charge in [0.1, 0.15) is 17.3 Å². The predicted molar refractivity (Wildman–Crippen MR) is 65.1 cm³/mol. The van der Waals surface area contributed by atoms with Crippen molar-refractivity contribution in [1.29, 1.82) is 0 Å². The Labute approximate surface area is 108 Å². The first kappa shape index (κ1) is 13.0. The van der Waals surface area contributed by atoms with Crippen molar-refractivity contribution < 1.29 is 13.6 Å². The first-order chi connectivity index (χ1) is 8.97. The lowest BCUT2D eigenvalue weighted by atomic mass is 10.1. The third-order valence-electron chi connectivity index (χ3n) is 2.55. The Morgan fingerprint density at radius 3 is 2.58 bits per heavy atom. The number of halogens is 2. The van der Waals surface area contributed by atoms with Crippen LogP contribution in [0.1, 0.15) is 15.9 Å². The molecule has 1 aromatic carbocycles. The molecular weight excluding hydrogens is 254 g/mol. The lowest BCUT2D eigenvalue weighted by molar-refractivity contribution is 0.0950. The molecular formula is C12H12F2N4O. The number of hydrogen-bond acceptors (Lipinski definition) is 3. The van der Waals surface area contributed by atoms with Crippen molar-refractivity contribution in [3.05, 3.63) is 47.3 Å². The Balaban J connectivity index is 2.08.